The molecule has 2 saturated heterocycles. The van der Waals surface area contributed by atoms with Gasteiger partial charge in [-0.3, -0.25) is 9.69 Å². The topological polar surface area (TPSA) is 35.6 Å². The number of carbonyl (C=O) groups is 1. The Morgan fingerprint density at radius 3 is 2.37 bits per heavy atom. The lowest BCUT2D eigenvalue weighted by atomic mass is 9.91. The molecule has 0 aromatic heterocycles. The highest BCUT2D eigenvalue weighted by atomic mass is 16.2. The van der Waals surface area contributed by atoms with Gasteiger partial charge in [0.05, 0.1) is 0 Å². The Kier molecular flexibility index (Phi) is 4.38. The van der Waals surface area contributed by atoms with E-state index in [1.165, 1.54) is 25.8 Å². The summed E-state index contributed by atoms with van der Waals surface area (Å²) >= 11 is 0. The molecular weight excluding hydrogens is 238 g/mol. The molecule has 4 heteroatoms. The Bertz CT molecular complexity index is 311. The number of carbonyl (C=O) groups excluding carboxylic acids is 1. The van der Waals surface area contributed by atoms with Crippen LogP contribution in [0.1, 0.15) is 38.5 Å². The normalized spacial score (nSPS) is 27.9. The van der Waals surface area contributed by atoms with Gasteiger partial charge in [0.2, 0.25) is 5.91 Å². The van der Waals surface area contributed by atoms with Crippen molar-refractivity contribution < 1.29 is 4.79 Å². The zero-order valence-electron chi connectivity index (χ0n) is 11.9. The molecule has 19 heavy (non-hydrogen) atoms. The molecule has 1 saturated carbocycles. The van der Waals surface area contributed by atoms with Crippen LogP contribution in [-0.2, 0) is 4.79 Å². The Morgan fingerprint density at radius 2 is 1.68 bits per heavy atom. The molecule has 1 aliphatic carbocycles. The Labute approximate surface area is 116 Å². The monoisotopic (exact) mass is 265 g/mol. The summed E-state index contributed by atoms with van der Waals surface area (Å²) in [6, 6.07) is 0.828. The van der Waals surface area contributed by atoms with E-state index in [2.05, 4.69) is 15.1 Å². The molecule has 4 nitrogen and oxygen atoms in total. The predicted molar refractivity (Wildman–Crippen MR) is 76.0 cm³/mol. The maximum absolute atomic E-state index is 12.5. The van der Waals surface area contributed by atoms with Crippen molar-refractivity contribution in [2.75, 3.05) is 39.3 Å². The summed E-state index contributed by atoms with van der Waals surface area (Å²) in [5.41, 5.74) is 0. The van der Waals surface area contributed by atoms with Crippen molar-refractivity contribution in [3.63, 3.8) is 0 Å². The zero-order chi connectivity index (χ0) is 13.1. The van der Waals surface area contributed by atoms with Crippen LogP contribution >= 0.6 is 0 Å². The van der Waals surface area contributed by atoms with Crippen LogP contribution in [0.3, 0.4) is 0 Å². The molecule has 0 unspecified atom stereocenters. The Hall–Kier alpha value is -0.610. The van der Waals surface area contributed by atoms with Crippen molar-refractivity contribution in [2.45, 2.75) is 44.6 Å². The SMILES string of the molecule is O=C(C1CCNCC1)N1CCCN(C2CCC2)CC1. The van der Waals surface area contributed by atoms with Gasteiger partial charge < -0.3 is 10.2 Å². The van der Waals surface area contributed by atoms with Crippen molar-refractivity contribution in [2.24, 2.45) is 5.92 Å². The number of rotatable bonds is 2. The van der Waals surface area contributed by atoms with Crippen LogP contribution in [-0.4, -0.2) is 61.0 Å². The van der Waals surface area contributed by atoms with Crippen LogP contribution in [0.5, 0.6) is 0 Å². The summed E-state index contributed by atoms with van der Waals surface area (Å²) in [7, 11) is 0. The molecule has 1 N–H and O–H groups in total. The van der Waals surface area contributed by atoms with Gasteiger partial charge in [-0.05, 0) is 45.2 Å². The van der Waals surface area contributed by atoms with Gasteiger partial charge in [-0.15, -0.1) is 0 Å². The molecule has 0 aromatic carbocycles. The molecule has 0 aromatic rings. The van der Waals surface area contributed by atoms with Gasteiger partial charge in [-0.1, -0.05) is 6.42 Å². The van der Waals surface area contributed by atoms with Gasteiger partial charge in [0.25, 0.3) is 0 Å². The molecule has 3 aliphatic rings. The highest BCUT2D eigenvalue weighted by Crippen LogP contribution is 2.26. The largest absolute Gasteiger partial charge is 0.341 e. The Balaban J connectivity index is 1.51. The second-order valence-electron chi connectivity index (χ2n) is 6.32. The van der Waals surface area contributed by atoms with E-state index in [4.69, 9.17) is 0 Å². The minimum atomic E-state index is 0.288. The molecule has 0 bridgehead atoms. The molecule has 2 heterocycles. The lowest BCUT2D eigenvalue weighted by Gasteiger charge is -2.36. The van der Waals surface area contributed by atoms with Gasteiger partial charge in [0.1, 0.15) is 0 Å². The summed E-state index contributed by atoms with van der Waals surface area (Å²) < 4.78 is 0. The zero-order valence-corrected chi connectivity index (χ0v) is 11.9. The van der Waals surface area contributed by atoms with E-state index in [1.54, 1.807) is 0 Å². The molecular formula is C15H27N3O. The van der Waals surface area contributed by atoms with Gasteiger partial charge in [0, 0.05) is 38.1 Å². The van der Waals surface area contributed by atoms with Crippen molar-refractivity contribution in [3.05, 3.63) is 0 Å². The fourth-order valence-corrected chi connectivity index (χ4v) is 3.60. The van der Waals surface area contributed by atoms with E-state index in [0.717, 1.165) is 58.0 Å². The number of hydrogen-bond acceptors (Lipinski definition) is 3. The summed E-state index contributed by atoms with van der Waals surface area (Å²) in [4.78, 5) is 17.3. The number of amides is 1. The highest BCUT2D eigenvalue weighted by Gasteiger charge is 2.30. The van der Waals surface area contributed by atoms with Crippen LogP contribution in [0.15, 0.2) is 0 Å². The first-order valence-corrected chi connectivity index (χ1v) is 8.08. The van der Waals surface area contributed by atoms with Gasteiger partial charge in [-0.25, -0.2) is 0 Å². The summed E-state index contributed by atoms with van der Waals surface area (Å²) in [6.45, 7) is 6.25. The first-order chi connectivity index (χ1) is 9.34. The third kappa shape index (κ3) is 3.11. The average Bonchev–Trinajstić information content (AvgIpc) is 2.63. The summed E-state index contributed by atoms with van der Waals surface area (Å²) in [5, 5.41) is 3.34. The molecule has 0 atom stereocenters. The lowest BCUT2D eigenvalue weighted by Crippen LogP contribution is -2.44. The van der Waals surface area contributed by atoms with E-state index < -0.39 is 0 Å². The first kappa shape index (κ1) is 13.4. The van der Waals surface area contributed by atoms with E-state index in [0.29, 0.717) is 5.91 Å². The van der Waals surface area contributed by atoms with E-state index in [9.17, 15) is 4.79 Å². The van der Waals surface area contributed by atoms with E-state index in [-0.39, 0.29) is 5.92 Å². The quantitative estimate of drug-likeness (QED) is 0.811. The standard InChI is InChI=1S/C15H27N3O/c19-15(13-5-7-16-8-6-13)18-10-2-9-17(11-12-18)14-3-1-4-14/h13-14,16H,1-12H2. The second kappa shape index (κ2) is 6.23. The molecule has 0 radical (unpaired) electrons. The highest BCUT2D eigenvalue weighted by molar-refractivity contribution is 5.79. The van der Waals surface area contributed by atoms with Gasteiger partial charge >= 0.3 is 0 Å². The van der Waals surface area contributed by atoms with Crippen LogP contribution in [0.25, 0.3) is 0 Å². The third-order valence-corrected chi connectivity index (χ3v) is 5.12. The predicted octanol–water partition coefficient (Wildman–Crippen LogP) is 1.07. The van der Waals surface area contributed by atoms with Gasteiger partial charge in [0.15, 0.2) is 0 Å². The van der Waals surface area contributed by atoms with Crippen LogP contribution in [0.2, 0.25) is 0 Å². The minimum Gasteiger partial charge on any atom is -0.341 e. The number of nitrogens with one attached hydrogen (secondary N) is 1. The average molecular weight is 265 g/mol. The third-order valence-electron chi connectivity index (χ3n) is 5.12. The second-order valence-corrected chi connectivity index (χ2v) is 6.32. The van der Waals surface area contributed by atoms with Crippen LogP contribution in [0.4, 0.5) is 0 Å². The number of nitrogens with zero attached hydrogens (tertiary/aromatic N) is 2. The number of hydrogen-bond donors (Lipinski definition) is 1. The smallest absolute Gasteiger partial charge is 0.225 e. The lowest BCUT2D eigenvalue weighted by molar-refractivity contribution is -0.136. The number of piperidine rings is 1. The fourth-order valence-electron chi connectivity index (χ4n) is 3.60. The van der Waals surface area contributed by atoms with Crippen molar-refractivity contribution >= 4 is 5.91 Å². The van der Waals surface area contributed by atoms with Crippen molar-refractivity contribution in [1.29, 1.82) is 0 Å². The van der Waals surface area contributed by atoms with Crippen molar-refractivity contribution in [1.82, 2.24) is 15.1 Å². The molecule has 1 amide bonds. The van der Waals surface area contributed by atoms with Gasteiger partial charge in [-0.2, -0.15) is 0 Å². The summed E-state index contributed by atoms with van der Waals surface area (Å²) in [5.74, 6) is 0.716. The van der Waals surface area contributed by atoms with Crippen LogP contribution in [0, 0.1) is 5.92 Å². The minimum absolute atomic E-state index is 0.288. The van der Waals surface area contributed by atoms with E-state index in [1.807, 2.05) is 0 Å². The molecule has 3 rings (SSSR count). The maximum atomic E-state index is 12.5. The molecule has 108 valence electrons. The Morgan fingerprint density at radius 1 is 0.895 bits per heavy atom. The van der Waals surface area contributed by atoms with Crippen molar-refractivity contribution in [3.8, 4) is 0 Å². The maximum Gasteiger partial charge on any atom is 0.225 e. The molecule has 0 spiro atoms. The first-order valence-electron chi connectivity index (χ1n) is 8.08. The summed E-state index contributed by atoms with van der Waals surface area (Å²) in [6.07, 6.45) is 7.37. The fraction of sp³-hybridized carbons (Fsp3) is 0.933. The molecule has 3 fully saturated rings. The van der Waals surface area contributed by atoms with Crippen LogP contribution < -0.4 is 5.32 Å². The van der Waals surface area contributed by atoms with E-state index >= 15 is 0 Å². The molecule has 2 aliphatic heterocycles.